The lowest BCUT2D eigenvalue weighted by Gasteiger charge is -2.29. The van der Waals surface area contributed by atoms with E-state index in [-0.39, 0.29) is 0 Å². The number of nitrogens with zero attached hydrogens (tertiary/aromatic N) is 3. The number of halogens is 1. The summed E-state index contributed by atoms with van der Waals surface area (Å²) >= 11 is 6.18. The van der Waals surface area contributed by atoms with Crippen molar-refractivity contribution < 1.29 is 0 Å². The Morgan fingerprint density at radius 1 is 1.42 bits per heavy atom. The fourth-order valence-electron chi connectivity index (χ4n) is 2.64. The van der Waals surface area contributed by atoms with Gasteiger partial charge in [0, 0.05) is 25.7 Å². The first kappa shape index (κ1) is 14.6. The fourth-order valence-corrected chi connectivity index (χ4v) is 2.81. The number of hydrogen-bond acceptors (Lipinski definition) is 4. The van der Waals surface area contributed by atoms with E-state index in [1.54, 1.807) is 0 Å². The minimum Gasteiger partial charge on any atom is -0.353 e. The molecule has 1 N–H and O–H groups in total. The molecule has 1 aliphatic heterocycles. The van der Waals surface area contributed by atoms with Gasteiger partial charge < -0.3 is 15.1 Å². The monoisotopic (exact) mass is 282 g/mol. The molecule has 19 heavy (non-hydrogen) atoms. The molecule has 0 radical (unpaired) electrons. The number of aromatic nitrogens is 1. The van der Waals surface area contributed by atoms with Crippen molar-refractivity contribution in [2.24, 2.45) is 0 Å². The van der Waals surface area contributed by atoms with E-state index in [4.69, 9.17) is 16.6 Å². The van der Waals surface area contributed by atoms with Crippen molar-refractivity contribution in [3.05, 3.63) is 22.8 Å². The Labute approximate surface area is 120 Å². The van der Waals surface area contributed by atoms with Gasteiger partial charge in [-0.15, -0.1) is 0 Å². The largest absolute Gasteiger partial charge is 0.353 e. The molecule has 1 unspecified atom stereocenters. The van der Waals surface area contributed by atoms with E-state index in [0.29, 0.717) is 12.6 Å². The van der Waals surface area contributed by atoms with Gasteiger partial charge in [0.1, 0.15) is 5.82 Å². The molecule has 1 saturated heterocycles. The minimum absolute atomic E-state index is 0.476. The second-order valence-corrected chi connectivity index (χ2v) is 5.69. The van der Waals surface area contributed by atoms with Crippen molar-refractivity contribution in [3.8, 4) is 0 Å². The molecule has 0 aliphatic carbocycles. The minimum atomic E-state index is 0.476. The summed E-state index contributed by atoms with van der Waals surface area (Å²) in [5.74, 6) is 1.04. The second kappa shape index (κ2) is 6.55. The number of rotatable bonds is 3. The molecule has 5 heteroatoms. The lowest BCUT2D eigenvalue weighted by molar-refractivity contribution is 0.337. The number of nitrogens with one attached hydrogen (secondary N) is 1. The average molecular weight is 283 g/mol. The molecule has 0 bridgehead atoms. The summed E-state index contributed by atoms with van der Waals surface area (Å²) in [6.07, 6.45) is 1.17. The molecule has 1 aromatic heterocycles. The van der Waals surface area contributed by atoms with E-state index in [0.717, 1.165) is 36.2 Å². The standard InChI is InChI=1S/C14H23ClN4/c1-11-10-18(3)7-4-8-19(11)14-6-5-12(15)13(17-14)9-16-2/h5-6,11,16H,4,7-10H2,1-3H3. The Hall–Kier alpha value is -0.840. The third-order valence-electron chi connectivity index (χ3n) is 3.59. The molecular formula is C14H23ClN4. The molecule has 1 aromatic rings. The lowest BCUT2D eigenvalue weighted by atomic mass is 10.2. The predicted molar refractivity (Wildman–Crippen MR) is 80.9 cm³/mol. The van der Waals surface area contributed by atoms with Gasteiger partial charge in [0.2, 0.25) is 0 Å². The zero-order valence-electron chi connectivity index (χ0n) is 12.0. The Kier molecular flexibility index (Phi) is 5.02. The van der Waals surface area contributed by atoms with Crippen molar-refractivity contribution in [2.45, 2.75) is 25.9 Å². The van der Waals surface area contributed by atoms with E-state index < -0.39 is 0 Å². The van der Waals surface area contributed by atoms with Crippen LogP contribution in [0, 0.1) is 0 Å². The van der Waals surface area contributed by atoms with Crippen molar-refractivity contribution >= 4 is 17.4 Å². The average Bonchev–Trinajstić information content (AvgIpc) is 2.53. The Morgan fingerprint density at radius 3 is 2.95 bits per heavy atom. The molecule has 2 heterocycles. The molecule has 0 saturated carbocycles. The summed E-state index contributed by atoms with van der Waals surface area (Å²) in [5.41, 5.74) is 0.923. The Bertz CT molecular complexity index is 424. The third-order valence-corrected chi connectivity index (χ3v) is 3.93. The van der Waals surface area contributed by atoms with Crippen LogP contribution in [0.5, 0.6) is 0 Å². The van der Waals surface area contributed by atoms with Crippen LogP contribution in [0.4, 0.5) is 5.82 Å². The van der Waals surface area contributed by atoms with E-state index in [2.05, 4.69) is 29.1 Å². The van der Waals surface area contributed by atoms with Crippen LogP contribution in [0.3, 0.4) is 0 Å². The molecule has 106 valence electrons. The van der Waals surface area contributed by atoms with E-state index >= 15 is 0 Å². The summed E-state index contributed by atoms with van der Waals surface area (Å²) < 4.78 is 0. The molecule has 1 aliphatic rings. The maximum Gasteiger partial charge on any atom is 0.129 e. The van der Waals surface area contributed by atoms with Gasteiger partial charge in [-0.2, -0.15) is 0 Å². The van der Waals surface area contributed by atoms with Crippen molar-refractivity contribution in [2.75, 3.05) is 38.6 Å². The Morgan fingerprint density at radius 2 is 2.21 bits per heavy atom. The van der Waals surface area contributed by atoms with Crippen LogP contribution in [0.15, 0.2) is 12.1 Å². The van der Waals surface area contributed by atoms with Gasteiger partial charge in [-0.3, -0.25) is 0 Å². The molecule has 2 rings (SSSR count). The van der Waals surface area contributed by atoms with E-state index in [9.17, 15) is 0 Å². The Balaban J connectivity index is 2.22. The number of pyridine rings is 1. The molecule has 0 aromatic carbocycles. The first-order valence-electron chi connectivity index (χ1n) is 6.87. The number of hydrogen-bond donors (Lipinski definition) is 1. The van der Waals surface area contributed by atoms with Crippen LogP contribution in [0.25, 0.3) is 0 Å². The van der Waals surface area contributed by atoms with Crippen molar-refractivity contribution in [1.82, 2.24) is 15.2 Å². The van der Waals surface area contributed by atoms with Gasteiger partial charge in [-0.25, -0.2) is 4.98 Å². The van der Waals surface area contributed by atoms with Gasteiger partial charge in [-0.05, 0) is 46.1 Å². The number of anilines is 1. The first-order chi connectivity index (χ1) is 9.11. The molecule has 1 fully saturated rings. The second-order valence-electron chi connectivity index (χ2n) is 5.29. The highest BCUT2D eigenvalue weighted by molar-refractivity contribution is 6.31. The fraction of sp³-hybridized carbons (Fsp3) is 0.643. The zero-order valence-corrected chi connectivity index (χ0v) is 12.7. The van der Waals surface area contributed by atoms with Gasteiger partial charge in [0.25, 0.3) is 0 Å². The highest BCUT2D eigenvalue weighted by atomic mass is 35.5. The SMILES string of the molecule is CNCc1nc(N2CCCN(C)CC2C)ccc1Cl. The lowest BCUT2D eigenvalue weighted by Crippen LogP contribution is -2.38. The van der Waals surface area contributed by atoms with E-state index in [1.165, 1.54) is 6.42 Å². The third kappa shape index (κ3) is 3.59. The summed E-state index contributed by atoms with van der Waals surface area (Å²) in [5, 5.41) is 3.85. The predicted octanol–water partition coefficient (Wildman–Crippen LogP) is 1.98. The van der Waals surface area contributed by atoms with Gasteiger partial charge in [0.15, 0.2) is 0 Å². The maximum atomic E-state index is 6.18. The molecule has 1 atom stereocenters. The van der Waals surface area contributed by atoms with Gasteiger partial charge in [-0.1, -0.05) is 11.6 Å². The maximum absolute atomic E-state index is 6.18. The van der Waals surface area contributed by atoms with Crippen LogP contribution in [-0.4, -0.2) is 49.7 Å². The van der Waals surface area contributed by atoms with Crippen LogP contribution >= 0.6 is 11.6 Å². The summed E-state index contributed by atoms with van der Waals surface area (Å²) in [7, 11) is 4.09. The van der Waals surface area contributed by atoms with Crippen LogP contribution < -0.4 is 10.2 Å². The molecular weight excluding hydrogens is 260 g/mol. The van der Waals surface area contributed by atoms with Crippen LogP contribution in [0.2, 0.25) is 5.02 Å². The van der Waals surface area contributed by atoms with Crippen LogP contribution in [0.1, 0.15) is 19.0 Å². The quantitative estimate of drug-likeness (QED) is 0.919. The van der Waals surface area contributed by atoms with Crippen LogP contribution in [-0.2, 0) is 6.54 Å². The molecule has 0 spiro atoms. The highest BCUT2D eigenvalue weighted by Crippen LogP contribution is 2.22. The first-order valence-corrected chi connectivity index (χ1v) is 7.25. The van der Waals surface area contributed by atoms with Gasteiger partial charge in [0.05, 0.1) is 10.7 Å². The van der Waals surface area contributed by atoms with E-state index in [1.807, 2.05) is 19.2 Å². The number of likely N-dealkylation sites (N-methyl/N-ethyl adjacent to an activating group) is 1. The zero-order chi connectivity index (χ0) is 13.8. The summed E-state index contributed by atoms with van der Waals surface area (Å²) in [6, 6.07) is 4.46. The molecule has 0 amide bonds. The topological polar surface area (TPSA) is 31.4 Å². The molecule has 4 nitrogen and oxygen atoms in total. The highest BCUT2D eigenvalue weighted by Gasteiger charge is 2.21. The summed E-state index contributed by atoms with van der Waals surface area (Å²) in [6.45, 7) is 6.24. The smallest absolute Gasteiger partial charge is 0.129 e. The van der Waals surface area contributed by atoms with Crippen molar-refractivity contribution in [3.63, 3.8) is 0 Å². The van der Waals surface area contributed by atoms with Crippen molar-refractivity contribution in [1.29, 1.82) is 0 Å². The van der Waals surface area contributed by atoms with Gasteiger partial charge >= 0.3 is 0 Å². The normalized spacial score (nSPS) is 21.5. The summed E-state index contributed by atoms with van der Waals surface area (Å²) in [4.78, 5) is 9.49.